The fourth-order valence-corrected chi connectivity index (χ4v) is 6.83. The number of carbonyl (C=O) groups excluding carboxylic acids is 2. The van der Waals surface area contributed by atoms with Crippen LogP contribution in [0.4, 0.5) is 0 Å². The quantitative estimate of drug-likeness (QED) is 0.673. The number of amides is 2. The second-order valence-corrected chi connectivity index (χ2v) is 10.8. The van der Waals surface area contributed by atoms with E-state index in [4.69, 9.17) is 4.98 Å². The van der Waals surface area contributed by atoms with Gasteiger partial charge >= 0.3 is 0 Å². The van der Waals surface area contributed by atoms with Gasteiger partial charge in [0.15, 0.2) is 0 Å². The molecule has 0 spiro atoms. The summed E-state index contributed by atoms with van der Waals surface area (Å²) in [6.45, 7) is 5.43. The van der Waals surface area contributed by atoms with Crippen LogP contribution in [0.5, 0.6) is 0 Å². The van der Waals surface area contributed by atoms with Gasteiger partial charge in [-0.15, -0.1) is 0 Å². The minimum atomic E-state index is 0.181. The Morgan fingerprint density at radius 1 is 0.812 bits per heavy atom. The molecule has 3 heterocycles. The molecule has 1 aromatic rings. The van der Waals surface area contributed by atoms with E-state index in [1.54, 1.807) is 0 Å². The summed E-state index contributed by atoms with van der Waals surface area (Å²) >= 11 is 0. The lowest BCUT2D eigenvalue weighted by Gasteiger charge is -2.41. The summed E-state index contributed by atoms with van der Waals surface area (Å²) in [5.41, 5.74) is 2.77. The Kier molecular flexibility index (Phi) is 6.52. The lowest BCUT2D eigenvalue weighted by molar-refractivity contribution is -0.136. The van der Waals surface area contributed by atoms with Gasteiger partial charge in [-0.05, 0) is 69.4 Å². The van der Waals surface area contributed by atoms with Gasteiger partial charge in [-0.1, -0.05) is 32.1 Å². The fourth-order valence-electron chi connectivity index (χ4n) is 6.83. The van der Waals surface area contributed by atoms with Crippen LogP contribution in [-0.2, 0) is 4.79 Å². The molecule has 0 N–H and O–H groups in total. The van der Waals surface area contributed by atoms with Gasteiger partial charge in [0, 0.05) is 43.7 Å². The molecule has 2 aliphatic heterocycles. The number of aromatic nitrogens is 1. The van der Waals surface area contributed by atoms with Crippen molar-refractivity contribution in [2.45, 2.75) is 83.5 Å². The number of likely N-dealkylation sites (tertiary alicyclic amines) is 2. The van der Waals surface area contributed by atoms with Crippen molar-refractivity contribution in [1.82, 2.24) is 14.8 Å². The van der Waals surface area contributed by atoms with Crippen molar-refractivity contribution >= 4 is 11.8 Å². The monoisotopic (exact) mass is 437 g/mol. The molecule has 5 rings (SSSR count). The minimum Gasteiger partial charge on any atom is -0.342 e. The molecule has 174 valence electrons. The molecular weight excluding hydrogens is 398 g/mol. The highest BCUT2D eigenvalue weighted by atomic mass is 16.2. The Labute approximate surface area is 192 Å². The average molecular weight is 438 g/mol. The molecule has 2 atom stereocenters. The summed E-state index contributed by atoms with van der Waals surface area (Å²) in [7, 11) is 0. The summed E-state index contributed by atoms with van der Waals surface area (Å²) in [5, 5.41) is 0. The van der Waals surface area contributed by atoms with Crippen molar-refractivity contribution in [2.75, 3.05) is 26.2 Å². The van der Waals surface area contributed by atoms with Crippen LogP contribution in [0.2, 0.25) is 0 Å². The number of hydrogen-bond donors (Lipinski definition) is 0. The lowest BCUT2D eigenvalue weighted by atomic mass is 9.75. The Morgan fingerprint density at radius 3 is 2.22 bits per heavy atom. The molecule has 2 unspecified atom stereocenters. The SMILES string of the molecule is Cc1ccc(C(=O)N2CCC3CCCCC3C2)c(C2CCN(C(=O)C3CCCC3)CC2)n1. The van der Waals surface area contributed by atoms with Crippen molar-refractivity contribution in [3.05, 3.63) is 29.1 Å². The summed E-state index contributed by atoms with van der Waals surface area (Å²) in [6, 6.07) is 4.01. The number of rotatable bonds is 3. The molecule has 4 fully saturated rings. The topological polar surface area (TPSA) is 53.5 Å². The maximum Gasteiger partial charge on any atom is 0.255 e. The van der Waals surface area contributed by atoms with Crippen LogP contribution in [0.25, 0.3) is 0 Å². The molecule has 1 aromatic heterocycles. The summed E-state index contributed by atoms with van der Waals surface area (Å²) in [4.78, 5) is 35.5. The predicted molar refractivity (Wildman–Crippen MR) is 125 cm³/mol. The second-order valence-electron chi connectivity index (χ2n) is 10.8. The van der Waals surface area contributed by atoms with Crippen molar-refractivity contribution in [3.8, 4) is 0 Å². The van der Waals surface area contributed by atoms with Crippen LogP contribution < -0.4 is 0 Å². The first-order chi connectivity index (χ1) is 15.6. The number of pyridine rings is 1. The molecule has 4 aliphatic rings. The Hall–Kier alpha value is -1.91. The van der Waals surface area contributed by atoms with Gasteiger partial charge in [0.05, 0.1) is 11.3 Å². The number of nitrogens with zero attached hydrogens (tertiary/aromatic N) is 3. The van der Waals surface area contributed by atoms with E-state index < -0.39 is 0 Å². The molecule has 0 bridgehead atoms. The summed E-state index contributed by atoms with van der Waals surface area (Å²) in [5.74, 6) is 2.58. The van der Waals surface area contributed by atoms with Crippen molar-refractivity contribution in [3.63, 3.8) is 0 Å². The summed E-state index contributed by atoms with van der Waals surface area (Å²) in [6.07, 6.45) is 12.8. The molecule has 5 nitrogen and oxygen atoms in total. The maximum atomic E-state index is 13.6. The van der Waals surface area contributed by atoms with Gasteiger partial charge in [-0.25, -0.2) is 0 Å². The van der Waals surface area contributed by atoms with E-state index in [9.17, 15) is 9.59 Å². The first-order valence-electron chi connectivity index (χ1n) is 13.2. The summed E-state index contributed by atoms with van der Waals surface area (Å²) < 4.78 is 0. The Bertz CT molecular complexity index is 839. The highest BCUT2D eigenvalue weighted by Crippen LogP contribution is 2.37. The van der Waals surface area contributed by atoms with E-state index in [2.05, 4.69) is 9.80 Å². The van der Waals surface area contributed by atoms with Crippen molar-refractivity contribution in [1.29, 1.82) is 0 Å². The third-order valence-electron chi connectivity index (χ3n) is 8.77. The smallest absolute Gasteiger partial charge is 0.255 e. The van der Waals surface area contributed by atoms with Crippen LogP contribution >= 0.6 is 0 Å². The molecule has 2 aliphatic carbocycles. The maximum absolute atomic E-state index is 13.6. The molecular formula is C27H39N3O2. The van der Waals surface area contributed by atoms with Gasteiger partial charge in [0.2, 0.25) is 5.91 Å². The molecule has 5 heteroatoms. The zero-order valence-electron chi connectivity index (χ0n) is 19.7. The highest BCUT2D eigenvalue weighted by Gasteiger charge is 2.36. The number of carbonyl (C=O) groups is 2. The van der Waals surface area contributed by atoms with E-state index in [0.717, 1.165) is 81.2 Å². The largest absolute Gasteiger partial charge is 0.342 e. The van der Waals surface area contributed by atoms with E-state index in [1.165, 1.54) is 38.5 Å². The molecule has 2 saturated carbocycles. The van der Waals surface area contributed by atoms with Gasteiger partial charge in [-0.3, -0.25) is 14.6 Å². The average Bonchev–Trinajstić information content (AvgIpc) is 3.38. The Balaban J connectivity index is 1.27. The van der Waals surface area contributed by atoms with Crippen LogP contribution in [0, 0.1) is 24.7 Å². The third-order valence-corrected chi connectivity index (χ3v) is 8.77. The first kappa shape index (κ1) is 21.9. The molecule has 2 saturated heterocycles. The number of aryl methyl sites for hydroxylation is 1. The van der Waals surface area contributed by atoms with E-state index in [0.29, 0.717) is 11.8 Å². The number of piperidine rings is 2. The zero-order chi connectivity index (χ0) is 22.1. The molecule has 0 aromatic carbocycles. The van der Waals surface area contributed by atoms with Gasteiger partial charge in [-0.2, -0.15) is 0 Å². The van der Waals surface area contributed by atoms with E-state index in [1.807, 2.05) is 19.1 Å². The highest BCUT2D eigenvalue weighted by molar-refractivity contribution is 5.95. The van der Waals surface area contributed by atoms with Crippen LogP contribution in [0.3, 0.4) is 0 Å². The van der Waals surface area contributed by atoms with Crippen LogP contribution in [-0.4, -0.2) is 52.8 Å². The molecule has 0 radical (unpaired) electrons. The first-order valence-corrected chi connectivity index (χ1v) is 13.2. The third kappa shape index (κ3) is 4.45. The minimum absolute atomic E-state index is 0.181. The van der Waals surface area contributed by atoms with Crippen molar-refractivity contribution in [2.24, 2.45) is 17.8 Å². The van der Waals surface area contributed by atoms with E-state index in [-0.39, 0.29) is 17.7 Å². The van der Waals surface area contributed by atoms with Crippen LogP contribution in [0.15, 0.2) is 12.1 Å². The molecule has 32 heavy (non-hydrogen) atoms. The van der Waals surface area contributed by atoms with Crippen LogP contribution in [0.1, 0.15) is 98.3 Å². The van der Waals surface area contributed by atoms with Crippen molar-refractivity contribution < 1.29 is 9.59 Å². The second kappa shape index (κ2) is 9.52. The zero-order valence-corrected chi connectivity index (χ0v) is 19.7. The molecule has 2 amide bonds. The predicted octanol–water partition coefficient (Wildman–Crippen LogP) is 4.94. The van der Waals surface area contributed by atoms with E-state index >= 15 is 0 Å². The fraction of sp³-hybridized carbons (Fsp3) is 0.741. The standard InChI is InChI=1S/C27H39N3O2/c1-19-10-11-24(27(32)30-17-12-20-6-2-5-9-23(20)18-30)25(28-19)21-13-15-29(16-14-21)26(31)22-7-3-4-8-22/h10-11,20-23H,2-9,12-18H2,1H3. The van der Waals surface area contributed by atoms with Gasteiger partial charge in [0.25, 0.3) is 5.91 Å². The number of hydrogen-bond acceptors (Lipinski definition) is 3. The Morgan fingerprint density at radius 2 is 1.47 bits per heavy atom. The normalized spacial score (nSPS) is 27.4. The van der Waals surface area contributed by atoms with Gasteiger partial charge in [0.1, 0.15) is 0 Å². The number of fused-ring (bicyclic) bond motifs is 1. The lowest BCUT2D eigenvalue weighted by Crippen LogP contribution is -2.45. The van der Waals surface area contributed by atoms with Gasteiger partial charge < -0.3 is 9.80 Å².